The number of carbonyl (C=O) groups is 2. The number of amides is 2. The predicted octanol–water partition coefficient (Wildman–Crippen LogP) is 2.46. The smallest absolute Gasteiger partial charge is 0.253 e. The summed E-state index contributed by atoms with van der Waals surface area (Å²) in [7, 11) is 3.55. The molecule has 1 aliphatic heterocycles. The maximum atomic E-state index is 12.8. The average Bonchev–Trinajstić information content (AvgIpc) is 3.22. The highest BCUT2D eigenvalue weighted by Crippen LogP contribution is 2.31. The number of aryl methyl sites for hydroxylation is 1. The maximum Gasteiger partial charge on any atom is 0.253 e. The molecule has 10 heteroatoms. The number of likely N-dealkylation sites (N-methyl/N-ethyl adjacent to an activating group) is 1. The number of aromatic nitrogens is 3. The summed E-state index contributed by atoms with van der Waals surface area (Å²) in [4.78, 5) is 26.6. The number of nitrogens with zero attached hydrogens (tertiary/aromatic N) is 4. The van der Waals surface area contributed by atoms with Gasteiger partial charge in [-0.15, -0.1) is 10.2 Å². The van der Waals surface area contributed by atoms with E-state index in [0.29, 0.717) is 41.1 Å². The van der Waals surface area contributed by atoms with Crippen molar-refractivity contribution in [1.29, 1.82) is 0 Å². The molecule has 2 amide bonds. The summed E-state index contributed by atoms with van der Waals surface area (Å²) < 4.78 is 13.4. The number of para-hydroxylation sites is 2. The lowest BCUT2D eigenvalue weighted by molar-refractivity contribution is -0.113. The lowest BCUT2D eigenvalue weighted by atomic mass is 10.1. The summed E-state index contributed by atoms with van der Waals surface area (Å²) in [5.41, 5.74) is 1.14. The Morgan fingerprint density at radius 3 is 2.66 bits per heavy atom. The van der Waals surface area contributed by atoms with Gasteiger partial charge in [-0.3, -0.25) is 9.59 Å². The largest absolute Gasteiger partial charge is 0.486 e. The Bertz CT molecular complexity index is 1100. The average molecular weight is 454 g/mol. The molecule has 0 spiro atoms. The number of hydrogen-bond donors (Lipinski definition) is 1. The van der Waals surface area contributed by atoms with Crippen LogP contribution in [-0.2, 0) is 11.8 Å². The van der Waals surface area contributed by atoms with Crippen LogP contribution in [-0.4, -0.2) is 63.5 Å². The van der Waals surface area contributed by atoms with Gasteiger partial charge in [0.25, 0.3) is 5.91 Å². The number of nitrogens with one attached hydrogen (secondary N) is 1. The Labute approximate surface area is 189 Å². The van der Waals surface area contributed by atoms with Crippen LogP contribution in [0.1, 0.15) is 10.4 Å². The van der Waals surface area contributed by atoms with E-state index >= 15 is 0 Å². The lowest BCUT2D eigenvalue weighted by Gasteiger charge is -2.29. The lowest BCUT2D eigenvalue weighted by Crippen LogP contribution is -2.41. The molecule has 0 fully saturated rings. The van der Waals surface area contributed by atoms with Crippen LogP contribution in [0.4, 0.5) is 5.69 Å². The van der Waals surface area contributed by atoms with Gasteiger partial charge in [0.15, 0.2) is 22.8 Å². The van der Waals surface area contributed by atoms with Gasteiger partial charge < -0.3 is 24.3 Å². The molecule has 1 atom stereocenters. The second-order valence-corrected chi connectivity index (χ2v) is 8.26. The quantitative estimate of drug-likeness (QED) is 0.549. The Morgan fingerprint density at radius 1 is 1.19 bits per heavy atom. The third-order valence-corrected chi connectivity index (χ3v) is 5.84. The van der Waals surface area contributed by atoms with Crippen molar-refractivity contribution in [3.8, 4) is 11.5 Å². The number of ether oxygens (including phenoxy) is 2. The summed E-state index contributed by atoms with van der Waals surface area (Å²) in [6, 6.07) is 14.3. The van der Waals surface area contributed by atoms with Gasteiger partial charge in [-0.25, -0.2) is 0 Å². The molecular formula is C22H23N5O4S. The van der Waals surface area contributed by atoms with Crippen LogP contribution >= 0.6 is 11.8 Å². The Kier molecular flexibility index (Phi) is 6.60. The molecule has 166 valence electrons. The van der Waals surface area contributed by atoms with Gasteiger partial charge in [-0.2, -0.15) is 0 Å². The van der Waals surface area contributed by atoms with E-state index in [1.54, 1.807) is 47.1 Å². The number of hydrogen-bond acceptors (Lipinski definition) is 7. The molecule has 1 N–H and O–H groups in total. The van der Waals surface area contributed by atoms with Crippen molar-refractivity contribution >= 4 is 29.3 Å². The fourth-order valence-electron chi connectivity index (χ4n) is 3.19. The van der Waals surface area contributed by atoms with Crippen LogP contribution in [0, 0.1) is 0 Å². The molecule has 2 heterocycles. The van der Waals surface area contributed by atoms with Gasteiger partial charge in [0.1, 0.15) is 12.9 Å². The highest BCUT2D eigenvalue weighted by atomic mass is 32.2. The van der Waals surface area contributed by atoms with Gasteiger partial charge in [0, 0.05) is 25.3 Å². The van der Waals surface area contributed by atoms with Crippen molar-refractivity contribution in [2.24, 2.45) is 7.05 Å². The van der Waals surface area contributed by atoms with E-state index in [0.717, 1.165) is 0 Å². The second-order valence-electron chi connectivity index (χ2n) is 7.32. The van der Waals surface area contributed by atoms with Gasteiger partial charge in [-0.05, 0) is 36.4 Å². The molecule has 1 aliphatic rings. The zero-order chi connectivity index (χ0) is 22.5. The Hall–Kier alpha value is -3.53. The zero-order valence-corrected chi connectivity index (χ0v) is 18.5. The first kappa shape index (κ1) is 21.7. The Morgan fingerprint density at radius 2 is 1.94 bits per heavy atom. The van der Waals surface area contributed by atoms with E-state index in [-0.39, 0.29) is 23.7 Å². The van der Waals surface area contributed by atoms with Crippen molar-refractivity contribution in [2.75, 3.05) is 31.3 Å². The van der Waals surface area contributed by atoms with Gasteiger partial charge in [0.2, 0.25) is 5.91 Å². The topological polar surface area (TPSA) is 98.6 Å². The van der Waals surface area contributed by atoms with Crippen molar-refractivity contribution in [3.05, 3.63) is 60.4 Å². The first-order chi connectivity index (χ1) is 15.5. The van der Waals surface area contributed by atoms with Gasteiger partial charge in [0.05, 0.1) is 12.3 Å². The number of carbonyl (C=O) groups excluding carboxylic acids is 2. The monoisotopic (exact) mass is 453 g/mol. The van der Waals surface area contributed by atoms with Crippen molar-refractivity contribution in [2.45, 2.75) is 11.3 Å². The van der Waals surface area contributed by atoms with Crippen LogP contribution in [0.2, 0.25) is 0 Å². The predicted molar refractivity (Wildman–Crippen MR) is 120 cm³/mol. The van der Waals surface area contributed by atoms with Crippen LogP contribution in [0.3, 0.4) is 0 Å². The fourth-order valence-corrected chi connectivity index (χ4v) is 3.88. The summed E-state index contributed by atoms with van der Waals surface area (Å²) in [5, 5.41) is 11.2. The number of fused-ring (bicyclic) bond motifs is 1. The van der Waals surface area contributed by atoms with Crippen molar-refractivity contribution < 1.29 is 19.1 Å². The molecule has 2 aromatic carbocycles. The highest BCUT2D eigenvalue weighted by molar-refractivity contribution is 7.99. The number of benzene rings is 2. The van der Waals surface area contributed by atoms with E-state index in [1.165, 1.54) is 11.8 Å². The zero-order valence-electron chi connectivity index (χ0n) is 17.7. The third-order valence-electron chi connectivity index (χ3n) is 4.81. The molecule has 0 bridgehead atoms. The van der Waals surface area contributed by atoms with E-state index in [9.17, 15) is 9.59 Å². The molecule has 3 aromatic rings. The summed E-state index contributed by atoms with van der Waals surface area (Å²) in [6.07, 6.45) is 1.34. The molecule has 0 saturated carbocycles. The summed E-state index contributed by atoms with van der Waals surface area (Å²) in [6.45, 7) is 0.775. The summed E-state index contributed by atoms with van der Waals surface area (Å²) in [5.74, 6) is 1.31. The molecule has 0 radical (unpaired) electrons. The van der Waals surface area contributed by atoms with E-state index < -0.39 is 0 Å². The van der Waals surface area contributed by atoms with Gasteiger partial charge >= 0.3 is 0 Å². The first-order valence-electron chi connectivity index (χ1n) is 10.0. The molecule has 32 heavy (non-hydrogen) atoms. The maximum absolute atomic E-state index is 12.8. The first-order valence-corrected chi connectivity index (χ1v) is 11.0. The van der Waals surface area contributed by atoms with E-state index in [4.69, 9.17) is 9.47 Å². The van der Waals surface area contributed by atoms with Crippen molar-refractivity contribution in [1.82, 2.24) is 19.7 Å². The molecule has 9 nitrogen and oxygen atoms in total. The molecule has 1 aromatic heterocycles. The standard InChI is InChI=1S/C22H23N5O4S/c1-26(11-17-12-30-18-5-3-4-6-19(18)31-17)21(29)15-7-9-16(10-8-15)24-20(28)13-32-22-25-23-14-27(22)2/h3-10,14,17H,11-13H2,1-2H3,(H,24,28). The number of anilines is 1. The SMILES string of the molecule is CN(CC1COc2ccccc2O1)C(=O)c1ccc(NC(=O)CSc2nncn2C)cc1. The van der Waals surface area contributed by atoms with Gasteiger partial charge in [-0.1, -0.05) is 23.9 Å². The van der Waals surface area contributed by atoms with Crippen molar-refractivity contribution in [3.63, 3.8) is 0 Å². The van der Waals surface area contributed by atoms with Crippen LogP contribution in [0.25, 0.3) is 0 Å². The minimum atomic E-state index is -0.246. The molecule has 0 saturated heterocycles. The second kappa shape index (κ2) is 9.73. The number of rotatable bonds is 7. The number of thioether (sulfide) groups is 1. The van der Waals surface area contributed by atoms with Crippen LogP contribution in [0.5, 0.6) is 11.5 Å². The third kappa shape index (κ3) is 5.20. The fraction of sp³-hybridized carbons (Fsp3) is 0.273. The van der Waals surface area contributed by atoms with E-state index in [1.807, 2.05) is 31.3 Å². The molecule has 4 rings (SSSR count). The van der Waals surface area contributed by atoms with E-state index in [2.05, 4.69) is 15.5 Å². The minimum Gasteiger partial charge on any atom is -0.486 e. The molecular weight excluding hydrogens is 430 g/mol. The minimum absolute atomic E-state index is 0.136. The normalized spacial score (nSPS) is 14.6. The summed E-state index contributed by atoms with van der Waals surface area (Å²) >= 11 is 1.30. The van der Waals surface area contributed by atoms with Crippen LogP contribution in [0.15, 0.2) is 60.0 Å². The Balaban J connectivity index is 1.28. The highest BCUT2D eigenvalue weighted by Gasteiger charge is 2.24. The van der Waals surface area contributed by atoms with Crippen LogP contribution < -0.4 is 14.8 Å². The molecule has 0 aliphatic carbocycles. The molecule has 1 unspecified atom stereocenters.